The maximum Gasteiger partial charge on any atom is 0.196 e. The van der Waals surface area contributed by atoms with Crippen LogP contribution in [0, 0.1) is 0 Å². The van der Waals surface area contributed by atoms with Crippen LogP contribution in [0.4, 0.5) is 5.69 Å². The summed E-state index contributed by atoms with van der Waals surface area (Å²) < 4.78 is 0. The second kappa shape index (κ2) is 4.46. The molecule has 20 heavy (non-hydrogen) atoms. The third-order valence-corrected chi connectivity index (χ3v) is 3.91. The van der Waals surface area contributed by atoms with E-state index in [1.54, 1.807) is 55.5 Å². The largest absolute Gasteiger partial charge is 0.365 e. The van der Waals surface area contributed by atoms with Crippen LogP contribution in [-0.4, -0.2) is 17.1 Å². The van der Waals surface area contributed by atoms with Crippen molar-refractivity contribution in [2.24, 2.45) is 0 Å². The highest BCUT2D eigenvalue weighted by Gasteiger charge is 2.49. The van der Waals surface area contributed by atoms with Gasteiger partial charge in [-0.1, -0.05) is 48.0 Å². The maximum atomic E-state index is 12.5. The first-order chi connectivity index (χ1) is 9.54. The van der Waals surface area contributed by atoms with E-state index in [-0.39, 0.29) is 11.6 Å². The summed E-state index contributed by atoms with van der Waals surface area (Å²) in [6, 6.07) is 13.9. The van der Waals surface area contributed by atoms with Gasteiger partial charge in [-0.2, -0.15) is 0 Å². The highest BCUT2D eigenvalue weighted by Crippen LogP contribution is 2.34. The number of para-hydroxylation sites is 1. The van der Waals surface area contributed by atoms with E-state index >= 15 is 0 Å². The fraction of sp³-hybridized carbons (Fsp3) is 0.125. The third kappa shape index (κ3) is 1.74. The molecule has 1 N–H and O–H groups in total. The number of halogens is 1. The van der Waals surface area contributed by atoms with Gasteiger partial charge in [-0.25, -0.2) is 0 Å². The molecule has 3 nitrogen and oxygen atoms in total. The van der Waals surface area contributed by atoms with Gasteiger partial charge in [-0.05, 0) is 19.1 Å². The Labute approximate surface area is 121 Å². The number of ketones is 2. The lowest BCUT2D eigenvalue weighted by Crippen LogP contribution is -2.45. The first kappa shape index (κ1) is 12.9. The molecule has 0 aromatic heterocycles. The molecule has 0 spiro atoms. The monoisotopic (exact) mass is 285 g/mol. The van der Waals surface area contributed by atoms with E-state index in [1.165, 1.54) is 0 Å². The van der Waals surface area contributed by atoms with Crippen molar-refractivity contribution < 1.29 is 9.59 Å². The van der Waals surface area contributed by atoms with Gasteiger partial charge < -0.3 is 5.32 Å². The van der Waals surface area contributed by atoms with Gasteiger partial charge in [-0.15, -0.1) is 0 Å². The van der Waals surface area contributed by atoms with E-state index in [0.717, 1.165) is 0 Å². The van der Waals surface area contributed by atoms with Crippen LogP contribution >= 0.6 is 11.6 Å². The second-order valence-electron chi connectivity index (χ2n) is 4.93. The van der Waals surface area contributed by atoms with Crippen molar-refractivity contribution >= 4 is 28.9 Å². The van der Waals surface area contributed by atoms with E-state index < -0.39 is 5.54 Å². The van der Waals surface area contributed by atoms with E-state index in [0.29, 0.717) is 21.8 Å². The molecular weight excluding hydrogens is 274 g/mol. The first-order valence-electron chi connectivity index (χ1n) is 6.25. The molecular formula is C16H12ClNO2. The molecule has 1 aliphatic carbocycles. The number of benzene rings is 2. The molecule has 0 unspecified atom stereocenters. The number of rotatable bonds is 2. The van der Waals surface area contributed by atoms with Crippen LogP contribution in [0.15, 0.2) is 48.5 Å². The Balaban J connectivity index is 2.05. The van der Waals surface area contributed by atoms with E-state index in [1.807, 2.05) is 0 Å². The average molecular weight is 286 g/mol. The molecule has 0 bridgehead atoms. The Morgan fingerprint density at radius 2 is 1.40 bits per heavy atom. The van der Waals surface area contributed by atoms with Gasteiger partial charge in [0, 0.05) is 11.1 Å². The van der Waals surface area contributed by atoms with Crippen molar-refractivity contribution in [3.05, 3.63) is 64.7 Å². The smallest absolute Gasteiger partial charge is 0.196 e. The number of anilines is 1. The summed E-state index contributed by atoms with van der Waals surface area (Å²) in [6.45, 7) is 1.60. The Morgan fingerprint density at radius 3 is 1.95 bits per heavy atom. The van der Waals surface area contributed by atoms with Crippen molar-refractivity contribution in [3.63, 3.8) is 0 Å². The minimum atomic E-state index is -1.30. The zero-order valence-corrected chi connectivity index (χ0v) is 11.6. The van der Waals surface area contributed by atoms with E-state index in [9.17, 15) is 9.59 Å². The summed E-state index contributed by atoms with van der Waals surface area (Å²) in [5.41, 5.74) is 0.194. The third-order valence-electron chi connectivity index (χ3n) is 3.58. The Kier molecular flexibility index (Phi) is 2.87. The van der Waals surface area contributed by atoms with Crippen LogP contribution in [0.25, 0.3) is 0 Å². The zero-order valence-electron chi connectivity index (χ0n) is 10.8. The zero-order chi connectivity index (χ0) is 14.3. The molecule has 100 valence electrons. The summed E-state index contributed by atoms with van der Waals surface area (Å²) >= 11 is 6.09. The molecule has 4 heteroatoms. The lowest BCUT2D eigenvalue weighted by Gasteiger charge is -2.24. The molecule has 2 aromatic rings. The number of Topliss-reactive ketones (excluding diaryl/α,β-unsaturated/α-hetero) is 2. The summed E-state index contributed by atoms with van der Waals surface area (Å²) in [4.78, 5) is 25.0. The maximum absolute atomic E-state index is 12.5. The van der Waals surface area contributed by atoms with Crippen LogP contribution in [0.3, 0.4) is 0 Å². The van der Waals surface area contributed by atoms with Gasteiger partial charge in [0.15, 0.2) is 17.1 Å². The summed E-state index contributed by atoms with van der Waals surface area (Å²) in [5, 5.41) is 3.48. The molecule has 0 fully saturated rings. The number of hydrogen-bond acceptors (Lipinski definition) is 3. The molecule has 0 saturated carbocycles. The standard InChI is InChI=1S/C16H12ClNO2/c1-16(18-13-9-5-4-8-12(13)17)14(19)10-6-2-3-7-11(10)15(16)20/h2-9,18H,1H3. The van der Waals surface area contributed by atoms with E-state index in [4.69, 9.17) is 11.6 Å². The number of hydrogen-bond donors (Lipinski definition) is 1. The number of nitrogens with one attached hydrogen (secondary N) is 1. The fourth-order valence-corrected chi connectivity index (χ4v) is 2.65. The predicted octanol–water partition coefficient (Wildman–Crippen LogP) is 3.59. The molecule has 0 aliphatic heterocycles. The molecule has 0 amide bonds. The van der Waals surface area contributed by atoms with Crippen LogP contribution in [-0.2, 0) is 0 Å². The normalized spacial score (nSPS) is 16.1. The average Bonchev–Trinajstić information content (AvgIpc) is 2.65. The lowest BCUT2D eigenvalue weighted by atomic mass is 9.95. The Morgan fingerprint density at radius 1 is 0.900 bits per heavy atom. The predicted molar refractivity (Wildman–Crippen MR) is 78.6 cm³/mol. The lowest BCUT2D eigenvalue weighted by molar-refractivity contribution is 0.0835. The van der Waals surface area contributed by atoms with Crippen molar-refractivity contribution in [1.29, 1.82) is 0 Å². The van der Waals surface area contributed by atoms with Crippen molar-refractivity contribution in [3.8, 4) is 0 Å². The number of fused-ring (bicyclic) bond motifs is 1. The van der Waals surface area contributed by atoms with Crippen LogP contribution in [0.1, 0.15) is 27.6 Å². The van der Waals surface area contributed by atoms with Crippen molar-refractivity contribution in [2.75, 3.05) is 5.32 Å². The molecule has 1 aliphatic rings. The summed E-state index contributed by atoms with van der Waals surface area (Å²) in [6.07, 6.45) is 0. The summed E-state index contributed by atoms with van der Waals surface area (Å²) in [7, 11) is 0. The fourth-order valence-electron chi connectivity index (χ4n) is 2.47. The van der Waals surface area contributed by atoms with Crippen LogP contribution in [0.5, 0.6) is 0 Å². The minimum absolute atomic E-state index is 0.224. The van der Waals surface area contributed by atoms with Crippen LogP contribution in [0.2, 0.25) is 5.02 Å². The molecule has 0 heterocycles. The highest BCUT2D eigenvalue weighted by molar-refractivity contribution is 6.36. The molecule has 2 aromatic carbocycles. The second-order valence-corrected chi connectivity index (χ2v) is 5.34. The Hall–Kier alpha value is -2.13. The topological polar surface area (TPSA) is 46.2 Å². The molecule has 0 saturated heterocycles. The molecule has 3 rings (SSSR count). The van der Waals surface area contributed by atoms with Gasteiger partial charge in [0.1, 0.15) is 0 Å². The Bertz CT molecular complexity index is 689. The highest BCUT2D eigenvalue weighted by atomic mass is 35.5. The first-order valence-corrected chi connectivity index (χ1v) is 6.63. The van der Waals surface area contributed by atoms with Gasteiger partial charge in [0.05, 0.1) is 10.7 Å². The van der Waals surface area contributed by atoms with Crippen LogP contribution < -0.4 is 5.32 Å². The molecule has 0 radical (unpaired) electrons. The summed E-state index contributed by atoms with van der Waals surface area (Å²) in [5.74, 6) is -0.448. The van der Waals surface area contributed by atoms with Gasteiger partial charge in [0.25, 0.3) is 0 Å². The van der Waals surface area contributed by atoms with E-state index in [2.05, 4.69) is 5.32 Å². The van der Waals surface area contributed by atoms with Gasteiger partial charge in [-0.3, -0.25) is 9.59 Å². The quantitative estimate of drug-likeness (QED) is 0.858. The van der Waals surface area contributed by atoms with Gasteiger partial charge in [0.2, 0.25) is 0 Å². The number of carbonyl (C=O) groups is 2. The van der Waals surface area contributed by atoms with Crippen molar-refractivity contribution in [1.82, 2.24) is 0 Å². The molecule has 0 atom stereocenters. The van der Waals surface area contributed by atoms with Crippen molar-refractivity contribution in [2.45, 2.75) is 12.5 Å². The SMILES string of the molecule is CC1(Nc2ccccc2Cl)C(=O)c2ccccc2C1=O. The minimum Gasteiger partial charge on any atom is -0.365 e. The van der Waals surface area contributed by atoms with Gasteiger partial charge >= 0.3 is 0 Å². The number of carbonyl (C=O) groups excluding carboxylic acids is 2.